The SMILES string of the molecule is NC1=C(N(N)c2ccccn2)CCNC1. The molecule has 0 spiro atoms. The van der Waals surface area contributed by atoms with Gasteiger partial charge in [-0.15, -0.1) is 0 Å². The van der Waals surface area contributed by atoms with Gasteiger partial charge < -0.3 is 11.1 Å². The molecule has 0 atom stereocenters. The zero-order valence-corrected chi connectivity index (χ0v) is 8.48. The fourth-order valence-corrected chi connectivity index (χ4v) is 1.60. The van der Waals surface area contributed by atoms with Gasteiger partial charge in [-0.2, -0.15) is 0 Å². The summed E-state index contributed by atoms with van der Waals surface area (Å²) in [4.78, 5) is 4.18. The highest BCUT2D eigenvalue weighted by Crippen LogP contribution is 2.17. The van der Waals surface area contributed by atoms with Crippen molar-refractivity contribution in [2.75, 3.05) is 18.1 Å². The predicted octanol–water partition coefficient (Wildman–Crippen LogP) is -0.0747. The Kier molecular flexibility index (Phi) is 2.84. The molecule has 80 valence electrons. The van der Waals surface area contributed by atoms with Crippen LogP contribution in [0.25, 0.3) is 0 Å². The van der Waals surface area contributed by atoms with E-state index in [1.165, 1.54) is 0 Å². The summed E-state index contributed by atoms with van der Waals surface area (Å²) >= 11 is 0. The molecule has 5 nitrogen and oxygen atoms in total. The van der Waals surface area contributed by atoms with Crippen LogP contribution in [-0.2, 0) is 0 Å². The van der Waals surface area contributed by atoms with E-state index in [-0.39, 0.29) is 0 Å². The average Bonchev–Trinajstić information content (AvgIpc) is 2.30. The van der Waals surface area contributed by atoms with Crippen LogP contribution in [0.3, 0.4) is 0 Å². The lowest BCUT2D eigenvalue weighted by molar-refractivity contribution is 0.649. The van der Waals surface area contributed by atoms with Gasteiger partial charge in [0.1, 0.15) is 5.82 Å². The van der Waals surface area contributed by atoms with E-state index >= 15 is 0 Å². The summed E-state index contributed by atoms with van der Waals surface area (Å²) in [5, 5.41) is 4.75. The van der Waals surface area contributed by atoms with Crippen LogP contribution in [-0.4, -0.2) is 18.1 Å². The van der Waals surface area contributed by atoms with Crippen LogP contribution in [0.2, 0.25) is 0 Å². The molecule has 1 aromatic heterocycles. The summed E-state index contributed by atoms with van der Waals surface area (Å²) in [7, 11) is 0. The van der Waals surface area contributed by atoms with Crippen LogP contribution in [0.15, 0.2) is 35.8 Å². The summed E-state index contributed by atoms with van der Waals surface area (Å²) in [6, 6.07) is 5.62. The summed E-state index contributed by atoms with van der Waals surface area (Å²) < 4.78 is 0. The van der Waals surface area contributed by atoms with Crippen molar-refractivity contribution in [3.8, 4) is 0 Å². The second-order valence-electron chi connectivity index (χ2n) is 3.46. The maximum Gasteiger partial charge on any atom is 0.146 e. The van der Waals surface area contributed by atoms with Gasteiger partial charge in [-0.25, -0.2) is 10.8 Å². The van der Waals surface area contributed by atoms with E-state index in [0.717, 1.165) is 30.2 Å². The van der Waals surface area contributed by atoms with Gasteiger partial charge in [-0.1, -0.05) is 6.07 Å². The molecule has 2 heterocycles. The van der Waals surface area contributed by atoms with Crippen molar-refractivity contribution in [3.63, 3.8) is 0 Å². The molecular formula is C10H15N5. The fourth-order valence-electron chi connectivity index (χ4n) is 1.60. The third-order valence-corrected chi connectivity index (χ3v) is 2.41. The molecular weight excluding hydrogens is 190 g/mol. The first kappa shape index (κ1) is 9.95. The minimum absolute atomic E-state index is 0.690. The van der Waals surface area contributed by atoms with Crippen molar-refractivity contribution >= 4 is 5.82 Å². The molecule has 0 unspecified atom stereocenters. The Balaban J connectivity index is 2.24. The van der Waals surface area contributed by atoms with Gasteiger partial charge in [-0.05, 0) is 12.1 Å². The number of nitrogens with one attached hydrogen (secondary N) is 1. The van der Waals surface area contributed by atoms with Crippen molar-refractivity contribution in [1.29, 1.82) is 0 Å². The number of anilines is 1. The molecule has 0 saturated carbocycles. The van der Waals surface area contributed by atoms with E-state index in [1.807, 2.05) is 18.2 Å². The van der Waals surface area contributed by atoms with Crippen LogP contribution in [0.1, 0.15) is 6.42 Å². The molecule has 5 N–H and O–H groups in total. The van der Waals surface area contributed by atoms with E-state index in [9.17, 15) is 0 Å². The number of hydrogen-bond donors (Lipinski definition) is 3. The third kappa shape index (κ3) is 2.08. The Bertz CT molecular complexity index is 359. The molecule has 0 fully saturated rings. The second-order valence-corrected chi connectivity index (χ2v) is 3.46. The standard InChI is InChI=1S/C10H15N5/c11-8-7-13-6-4-9(8)15(12)10-3-1-2-5-14-10/h1-3,5,13H,4,6-7,11-12H2. The predicted molar refractivity (Wildman–Crippen MR) is 59.6 cm³/mol. The Labute approximate surface area is 88.7 Å². The van der Waals surface area contributed by atoms with E-state index in [2.05, 4.69) is 10.3 Å². The van der Waals surface area contributed by atoms with Gasteiger partial charge >= 0.3 is 0 Å². The number of aromatic nitrogens is 1. The smallest absolute Gasteiger partial charge is 0.146 e. The van der Waals surface area contributed by atoms with E-state index in [4.69, 9.17) is 11.6 Å². The lowest BCUT2D eigenvalue weighted by Gasteiger charge is -2.26. The zero-order chi connectivity index (χ0) is 10.7. The zero-order valence-electron chi connectivity index (χ0n) is 8.48. The Hall–Kier alpha value is -1.59. The normalized spacial score (nSPS) is 16.6. The summed E-state index contributed by atoms with van der Waals surface area (Å²) in [5.74, 6) is 6.69. The minimum atomic E-state index is 0.690. The first-order chi connectivity index (χ1) is 7.29. The van der Waals surface area contributed by atoms with E-state index in [0.29, 0.717) is 6.54 Å². The molecule has 5 heteroatoms. The van der Waals surface area contributed by atoms with Gasteiger partial charge in [0, 0.05) is 31.4 Å². The number of rotatable bonds is 2. The van der Waals surface area contributed by atoms with Crippen LogP contribution < -0.4 is 21.9 Å². The average molecular weight is 205 g/mol. The highest BCUT2D eigenvalue weighted by Gasteiger charge is 2.15. The molecule has 0 aromatic carbocycles. The lowest BCUT2D eigenvalue weighted by Crippen LogP contribution is -2.39. The molecule has 1 aliphatic heterocycles. The van der Waals surface area contributed by atoms with Crippen molar-refractivity contribution in [1.82, 2.24) is 10.3 Å². The molecule has 0 aliphatic carbocycles. The quantitative estimate of drug-likeness (QED) is 0.465. The van der Waals surface area contributed by atoms with Crippen LogP contribution >= 0.6 is 0 Å². The number of hydrogen-bond acceptors (Lipinski definition) is 5. The topological polar surface area (TPSA) is 80.2 Å². The van der Waals surface area contributed by atoms with Gasteiger partial charge in [-0.3, -0.25) is 5.01 Å². The van der Waals surface area contributed by atoms with Crippen molar-refractivity contribution in [2.24, 2.45) is 11.6 Å². The summed E-state index contributed by atoms with van der Waals surface area (Å²) in [5.41, 5.74) is 7.62. The molecule has 2 rings (SSSR count). The minimum Gasteiger partial charge on any atom is -0.400 e. The van der Waals surface area contributed by atoms with Crippen LogP contribution in [0.5, 0.6) is 0 Å². The first-order valence-corrected chi connectivity index (χ1v) is 4.93. The molecule has 0 amide bonds. The van der Waals surface area contributed by atoms with E-state index < -0.39 is 0 Å². The first-order valence-electron chi connectivity index (χ1n) is 4.93. The summed E-state index contributed by atoms with van der Waals surface area (Å²) in [6.07, 6.45) is 2.55. The highest BCUT2D eigenvalue weighted by molar-refractivity contribution is 5.45. The third-order valence-electron chi connectivity index (χ3n) is 2.41. The molecule has 15 heavy (non-hydrogen) atoms. The second kappa shape index (κ2) is 4.29. The highest BCUT2D eigenvalue weighted by atomic mass is 15.4. The monoisotopic (exact) mass is 205 g/mol. The molecule has 1 aromatic rings. The lowest BCUT2D eigenvalue weighted by atomic mass is 10.2. The maximum absolute atomic E-state index is 5.97. The molecule has 0 radical (unpaired) electrons. The Morgan fingerprint density at radius 1 is 1.40 bits per heavy atom. The van der Waals surface area contributed by atoms with Gasteiger partial charge in [0.25, 0.3) is 0 Å². The largest absolute Gasteiger partial charge is 0.400 e. The van der Waals surface area contributed by atoms with Crippen molar-refractivity contribution in [3.05, 3.63) is 35.8 Å². The Morgan fingerprint density at radius 3 is 2.93 bits per heavy atom. The Morgan fingerprint density at radius 2 is 2.27 bits per heavy atom. The number of nitrogens with zero attached hydrogens (tertiary/aromatic N) is 2. The van der Waals surface area contributed by atoms with Gasteiger partial charge in [0.2, 0.25) is 0 Å². The maximum atomic E-state index is 5.97. The molecule has 1 aliphatic rings. The van der Waals surface area contributed by atoms with Gasteiger partial charge in [0.15, 0.2) is 0 Å². The molecule has 0 saturated heterocycles. The van der Waals surface area contributed by atoms with Crippen LogP contribution in [0.4, 0.5) is 5.82 Å². The summed E-state index contributed by atoms with van der Waals surface area (Å²) in [6.45, 7) is 1.59. The van der Waals surface area contributed by atoms with Gasteiger partial charge in [0.05, 0.1) is 5.70 Å². The molecule has 0 bridgehead atoms. The number of hydrazine groups is 1. The van der Waals surface area contributed by atoms with E-state index in [1.54, 1.807) is 11.2 Å². The van der Waals surface area contributed by atoms with Crippen molar-refractivity contribution in [2.45, 2.75) is 6.42 Å². The van der Waals surface area contributed by atoms with Crippen LogP contribution in [0, 0.1) is 0 Å². The fraction of sp³-hybridized carbons (Fsp3) is 0.300. The number of pyridine rings is 1. The number of nitrogens with two attached hydrogens (primary N) is 2. The van der Waals surface area contributed by atoms with Crippen molar-refractivity contribution < 1.29 is 0 Å².